The van der Waals surface area contributed by atoms with Crippen molar-refractivity contribution in [2.24, 2.45) is 5.73 Å². The van der Waals surface area contributed by atoms with Gasteiger partial charge in [0.15, 0.2) is 0 Å². The summed E-state index contributed by atoms with van der Waals surface area (Å²) in [6, 6.07) is 7.34. The first-order valence-electron chi connectivity index (χ1n) is 4.99. The lowest BCUT2D eigenvalue weighted by Crippen LogP contribution is -2.15. The van der Waals surface area contributed by atoms with Crippen LogP contribution in [0, 0.1) is 0 Å². The molecule has 2 N–H and O–H groups in total. The molecule has 0 spiro atoms. The molecule has 0 saturated heterocycles. The molecule has 1 aromatic rings. The highest BCUT2D eigenvalue weighted by molar-refractivity contribution is 7.85. The Kier molecular flexibility index (Phi) is 5.29. The monoisotopic (exact) mass is 245 g/mol. The van der Waals surface area contributed by atoms with Gasteiger partial charge in [0.05, 0.1) is 10.8 Å². The predicted octanol–water partition coefficient (Wildman–Crippen LogP) is 2.58. The van der Waals surface area contributed by atoms with E-state index in [2.05, 4.69) is 0 Å². The van der Waals surface area contributed by atoms with Gasteiger partial charge in [0.1, 0.15) is 0 Å². The van der Waals surface area contributed by atoms with E-state index in [0.717, 1.165) is 17.7 Å². The minimum atomic E-state index is -0.922. The number of nitrogens with two attached hydrogens (primary N) is 1. The van der Waals surface area contributed by atoms with Crippen molar-refractivity contribution in [3.05, 3.63) is 29.3 Å². The second-order valence-electron chi connectivity index (χ2n) is 3.62. The third-order valence-corrected chi connectivity index (χ3v) is 3.78. The molecule has 0 saturated carbocycles. The molecule has 84 valence electrons. The summed E-state index contributed by atoms with van der Waals surface area (Å²) in [5, 5.41) is 0.673. The number of benzene rings is 1. The van der Waals surface area contributed by atoms with Crippen LogP contribution < -0.4 is 5.73 Å². The SMILES string of the molecule is CC(N)CCCS(=O)c1ccc(Cl)cc1. The van der Waals surface area contributed by atoms with Gasteiger partial charge >= 0.3 is 0 Å². The van der Waals surface area contributed by atoms with Gasteiger partial charge in [-0.2, -0.15) is 0 Å². The van der Waals surface area contributed by atoms with E-state index >= 15 is 0 Å². The molecule has 2 nitrogen and oxygen atoms in total. The lowest BCUT2D eigenvalue weighted by molar-refractivity contribution is 0.644. The van der Waals surface area contributed by atoms with Gasteiger partial charge in [-0.1, -0.05) is 11.6 Å². The van der Waals surface area contributed by atoms with E-state index in [0.29, 0.717) is 10.8 Å². The summed E-state index contributed by atoms with van der Waals surface area (Å²) in [6.07, 6.45) is 1.81. The third kappa shape index (κ3) is 4.78. The molecule has 1 rings (SSSR count). The first-order valence-corrected chi connectivity index (χ1v) is 6.69. The molecule has 2 atom stereocenters. The molecule has 15 heavy (non-hydrogen) atoms. The van der Waals surface area contributed by atoms with Gasteiger partial charge in [-0.25, -0.2) is 0 Å². The summed E-state index contributed by atoms with van der Waals surface area (Å²) < 4.78 is 11.8. The largest absolute Gasteiger partial charge is 0.328 e. The van der Waals surface area contributed by atoms with E-state index in [1.54, 1.807) is 12.1 Å². The highest BCUT2D eigenvalue weighted by atomic mass is 35.5. The standard InChI is InChI=1S/C11H16ClNOS/c1-9(13)3-2-8-15(14)11-6-4-10(12)5-7-11/h4-7,9H,2-3,8,13H2,1H3. The summed E-state index contributed by atoms with van der Waals surface area (Å²) >= 11 is 5.75. The maximum absolute atomic E-state index is 11.8. The van der Waals surface area contributed by atoms with Crippen LogP contribution in [0.2, 0.25) is 5.02 Å². The molecule has 0 heterocycles. The molecule has 0 aliphatic carbocycles. The highest BCUT2D eigenvalue weighted by Crippen LogP contribution is 2.13. The zero-order chi connectivity index (χ0) is 11.3. The average Bonchev–Trinajstić information content (AvgIpc) is 2.18. The number of halogens is 1. The Labute approximate surface area is 98.3 Å². The van der Waals surface area contributed by atoms with E-state index in [4.69, 9.17) is 17.3 Å². The Morgan fingerprint density at radius 3 is 2.53 bits per heavy atom. The highest BCUT2D eigenvalue weighted by Gasteiger charge is 2.04. The van der Waals surface area contributed by atoms with Gasteiger partial charge in [0, 0.05) is 21.7 Å². The number of rotatable bonds is 5. The summed E-state index contributed by atoms with van der Waals surface area (Å²) in [5.41, 5.74) is 5.62. The molecule has 1 aromatic carbocycles. The Hall–Kier alpha value is -0.380. The maximum Gasteiger partial charge on any atom is 0.0529 e. The molecule has 0 amide bonds. The van der Waals surface area contributed by atoms with E-state index in [-0.39, 0.29) is 6.04 Å². The van der Waals surface area contributed by atoms with Crippen LogP contribution in [-0.4, -0.2) is 16.0 Å². The quantitative estimate of drug-likeness (QED) is 0.867. The van der Waals surface area contributed by atoms with Crippen LogP contribution in [0.3, 0.4) is 0 Å². The van der Waals surface area contributed by atoms with Gasteiger partial charge in [-0.05, 0) is 44.0 Å². The fourth-order valence-electron chi connectivity index (χ4n) is 1.24. The smallest absolute Gasteiger partial charge is 0.0529 e. The van der Waals surface area contributed by atoms with Crippen LogP contribution in [0.15, 0.2) is 29.2 Å². The normalized spacial score (nSPS) is 14.9. The van der Waals surface area contributed by atoms with Crippen molar-refractivity contribution >= 4 is 22.4 Å². The summed E-state index contributed by atoms with van der Waals surface area (Å²) in [7, 11) is -0.922. The van der Waals surface area contributed by atoms with E-state index < -0.39 is 10.8 Å². The maximum atomic E-state index is 11.8. The molecule has 4 heteroatoms. The molecular formula is C11H16ClNOS. The summed E-state index contributed by atoms with van der Waals surface area (Å²) in [4.78, 5) is 0.837. The number of hydrogen-bond donors (Lipinski definition) is 1. The Morgan fingerprint density at radius 1 is 1.40 bits per heavy atom. The van der Waals surface area contributed by atoms with Gasteiger partial charge in [-0.15, -0.1) is 0 Å². The van der Waals surface area contributed by atoms with Gasteiger partial charge in [-0.3, -0.25) is 4.21 Å². The van der Waals surface area contributed by atoms with Crippen molar-refractivity contribution < 1.29 is 4.21 Å². The zero-order valence-electron chi connectivity index (χ0n) is 8.78. The summed E-state index contributed by atoms with van der Waals surface area (Å²) in [6.45, 7) is 1.96. The van der Waals surface area contributed by atoms with Crippen molar-refractivity contribution in [1.82, 2.24) is 0 Å². The average molecular weight is 246 g/mol. The van der Waals surface area contributed by atoms with Crippen LogP contribution in [0.5, 0.6) is 0 Å². The van der Waals surface area contributed by atoms with Gasteiger partial charge in [0.2, 0.25) is 0 Å². The third-order valence-electron chi connectivity index (χ3n) is 2.07. The molecular weight excluding hydrogens is 230 g/mol. The van der Waals surface area contributed by atoms with Crippen LogP contribution in [-0.2, 0) is 10.8 Å². The van der Waals surface area contributed by atoms with Crippen LogP contribution in [0.1, 0.15) is 19.8 Å². The molecule has 0 fully saturated rings. The molecule has 0 aliphatic heterocycles. The minimum Gasteiger partial charge on any atom is -0.328 e. The lowest BCUT2D eigenvalue weighted by atomic mass is 10.2. The van der Waals surface area contributed by atoms with Crippen molar-refractivity contribution in [3.8, 4) is 0 Å². The molecule has 0 aromatic heterocycles. The van der Waals surface area contributed by atoms with E-state index in [1.807, 2.05) is 19.1 Å². The lowest BCUT2D eigenvalue weighted by Gasteiger charge is -2.05. The molecule has 2 unspecified atom stereocenters. The molecule has 0 bridgehead atoms. The van der Waals surface area contributed by atoms with Crippen LogP contribution >= 0.6 is 11.6 Å². The van der Waals surface area contributed by atoms with Crippen molar-refractivity contribution in [2.75, 3.05) is 5.75 Å². The topological polar surface area (TPSA) is 43.1 Å². The van der Waals surface area contributed by atoms with Crippen LogP contribution in [0.25, 0.3) is 0 Å². The van der Waals surface area contributed by atoms with Crippen molar-refractivity contribution in [3.63, 3.8) is 0 Å². The zero-order valence-corrected chi connectivity index (χ0v) is 10.4. The first-order chi connectivity index (χ1) is 7.09. The fraction of sp³-hybridized carbons (Fsp3) is 0.455. The van der Waals surface area contributed by atoms with Crippen LogP contribution in [0.4, 0.5) is 0 Å². The fourth-order valence-corrected chi connectivity index (χ4v) is 2.47. The summed E-state index contributed by atoms with van der Waals surface area (Å²) in [5.74, 6) is 0.670. The Balaban J connectivity index is 2.43. The minimum absolute atomic E-state index is 0.187. The predicted molar refractivity (Wildman–Crippen MR) is 65.6 cm³/mol. The molecule has 0 radical (unpaired) electrons. The van der Waals surface area contributed by atoms with E-state index in [9.17, 15) is 4.21 Å². The van der Waals surface area contributed by atoms with Crippen molar-refractivity contribution in [2.45, 2.75) is 30.7 Å². The van der Waals surface area contributed by atoms with E-state index in [1.165, 1.54) is 0 Å². The second kappa shape index (κ2) is 6.26. The Bertz CT molecular complexity index is 324. The van der Waals surface area contributed by atoms with Gasteiger partial charge < -0.3 is 5.73 Å². The first kappa shape index (κ1) is 12.7. The Morgan fingerprint density at radius 2 is 2.00 bits per heavy atom. The second-order valence-corrected chi connectivity index (χ2v) is 5.63. The van der Waals surface area contributed by atoms with Crippen molar-refractivity contribution in [1.29, 1.82) is 0 Å². The van der Waals surface area contributed by atoms with Gasteiger partial charge in [0.25, 0.3) is 0 Å². The molecule has 0 aliphatic rings. The number of hydrogen-bond acceptors (Lipinski definition) is 2.